The SMILES string of the molecule is [Ir].c1ccc2c(-c3nccc4ccccc34)cccc2c1. The summed E-state index contributed by atoms with van der Waals surface area (Å²) in [5.41, 5.74) is 2.25. The van der Waals surface area contributed by atoms with Gasteiger partial charge in [0, 0.05) is 37.3 Å². The van der Waals surface area contributed by atoms with Gasteiger partial charge in [-0.15, -0.1) is 0 Å². The van der Waals surface area contributed by atoms with Crippen LogP contribution < -0.4 is 0 Å². The first-order chi connectivity index (χ1) is 9.93. The third-order valence-corrected chi connectivity index (χ3v) is 3.72. The molecule has 1 aromatic heterocycles. The van der Waals surface area contributed by atoms with Crippen molar-refractivity contribution in [2.75, 3.05) is 0 Å². The smallest absolute Gasteiger partial charge is 0.0786 e. The molecule has 1 radical (unpaired) electrons. The second kappa shape index (κ2) is 5.77. The van der Waals surface area contributed by atoms with E-state index in [0.717, 1.165) is 5.69 Å². The average molecular weight is 448 g/mol. The van der Waals surface area contributed by atoms with Crippen LogP contribution in [0.15, 0.2) is 79.0 Å². The van der Waals surface area contributed by atoms with Crippen molar-refractivity contribution in [1.29, 1.82) is 0 Å². The summed E-state index contributed by atoms with van der Waals surface area (Å²) in [5, 5.41) is 4.93. The summed E-state index contributed by atoms with van der Waals surface area (Å²) >= 11 is 0. The number of nitrogens with zero attached hydrogens (tertiary/aromatic N) is 1. The van der Waals surface area contributed by atoms with Gasteiger partial charge in [0.15, 0.2) is 0 Å². The van der Waals surface area contributed by atoms with E-state index >= 15 is 0 Å². The molecule has 0 spiro atoms. The number of hydrogen-bond donors (Lipinski definition) is 0. The maximum absolute atomic E-state index is 4.63. The molecule has 1 heterocycles. The van der Waals surface area contributed by atoms with Crippen molar-refractivity contribution in [2.24, 2.45) is 0 Å². The van der Waals surface area contributed by atoms with Crippen LogP contribution in [0.2, 0.25) is 0 Å². The monoisotopic (exact) mass is 448 g/mol. The molecule has 21 heavy (non-hydrogen) atoms. The quantitative estimate of drug-likeness (QED) is 0.398. The summed E-state index contributed by atoms with van der Waals surface area (Å²) in [5.74, 6) is 0. The number of fused-ring (bicyclic) bond motifs is 2. The second-order valence-corrected chi connectivity index (χ2v) is 4.91. The fourth-order valence-corrected chi connectivity index (χ4v) is 2.77. The van der Waals surface area contributed by atoms with Crippen LogP contribution >= 0.6 is 0 Å². The zero-order valence-corrected chi connectivity index (χ0v) is 13.7. The summed E-state index contributed by atoms with van der Waals surface area (Å²) in [4.78, 5) is 4.63. The van der Waals surface area contributed by atoms with Gasteiger partial charge in [0.1, 0.15) is 0 Å². The molecule has 3 aromatic carbocycles. The topological polar surface area (TPSA) is 12.9 Å². The Labute approximate surface area is 137 Å². The summed E-state index contributed by atoms with van der Waals surface area (Å²) in [6, 6.07) is 25.3. The summed E-state index contributed by atoms with van der Waals surface area (Å²) in [6.07, 6.45) is 1.89. The average Bonchev–Trinajstić information content (AvgIpc) is 2.54. The third kappa shape index (κ3) is 2.37. The van der Waals surface area contributed by atoms with E-state index in [1.165, 1.54) is 27.1 Å². The minimum Gasteiger partial charge on any atom is -0.256 e. The largest absolute Gasteiger partial charge is 0.256 e. The minimum absolute atomic E-state index is 0. The van der Waals surface area contributed by atoms with Gasteiger partial charge in [-0.2, -0.15) is 0 Å². The summed E-state index contributed by atoms with van der Waals surface area (Å²) in [6.45, 7) is 0. The van der Waals surface area contributed by atoms with Crippen LogP contribution in [-0.4, -0.2) is 4.98 Å². The van der Waals surface area contributed by atoms with Gasteiger partial charge < -0.3 is 0 Å². The van der Waals surface area contributed by atoms with E-state index in [4.69, 9.17) is 0 Å². The molecule has 103 valence electrons. The molecule has 0 aliphatic heterocycles. The van der Waals surface area contributed by atoms with Crippen LogP contribution in [0.25, 0.3) is 32.8 Å². The summed E-state index contributed by atoms with van der Waals surface area (Å²) in [7, 11) is 0. The second-order valence-electron chi connectivity index (χ2n) is 4.91. The Bertz CT molecular complexity index is 827. The number of hydrogen-bond acceptors (Lipinski definition) is 1. The number of benzene rings is 3. The maximum atomic E-state index is 4.63. The number of aromatic nitrogens is 1. The van der Waals surface area contributed by atoms with Crippen molar-refractivity contribution in [1.82, 2.24) is 4.98 Å². The Morgan fingerprint density at radius 1 is 0.571 bits per heavy atom. The van der Waals surface area contributed by atoms with Gasteiger partial charge >= 0.3 is 0 Å². The van der Waals surface area contributed by atoms with E-state index in [-0.39, 0.29) is 20.1 Å². The van der Waals surface area contributed by atoms with Crippen LogP contribution in [0.4, 0.5) is 0 Å². The first-order valence-electron chi connectivity index (χ1n) is 6.75. The molecule has 0 N–H and O–H groups in total. The van der Waals surface area contributed by atoms with Gasteiger partial charge in [0.2, 0.25) is 0 Å². The number of pyridine rings is 1. The van der Waals surface area contributed by atoms with Gasteiger partial charge in [-0.05, 0) is 22.2 Å². The van der Waals surface area contributed by atoms with E-state index in [1.54, 1.807) is 0 Å². The molecule has 2 heteroatoms. The fourth-order valence-electron chi connectivity index (χ4n) is 2.77. The van der Waals surface area contributed by atoms with Gasteiger partial charge in [-0.3, -0.25) is 4.98 Å². The predicted molar refractivity (Wildman–Crippen MR) is 84.7 cm³/mol. The van der Waals surface area contributed by atoms with Gasteiger partial charge in [-0.1, -0.05) is 66.7 Å². The van der Waals surface area contributed by atoms with Crippen LogP contribution in [0.1, 0.15) is 0 Å². The molecule has 0 bridgehead atoms. The third-order valence-electron chi connectivity index (χ3n) is 3.72. The molecule has 0 aliphatic rings. The standard InChI is InChI=1S/C19H13N.Ir/c1-3-9-16-14(6-1)8-5-11-18(16)19-17-10-4-2-7-15(17)12-13-20-19;/h1-13H;. The van der Waals surface area contributed by atoms with Crippen molar-refractivity contribution in [2.45, 2.75) is 0 Å². The number of rotatable bonds is 1. The first kappa shape index (κ1) is 13.9. The zero-order chi connectivity index (χ0) is 13.4. The van der Waals surface area contributed by atoms with Gasteiger partial charge in [0.05, 0.1) is 5.69 Å². The van der Waals surface area contributed by atoms with Crippen LogP contribution in [-0.2, 0) is 20.1 Å². The fraction of sp³-hybridized carbons (Fsp3) is 0. The Balaban J connectivity index is 0.00000132. The Morgan fingerprint density at radius 3 is 2.00 bits per heavy atom. The van der Waals surface area contributed by atoms with E-state index in [1.807, 2.05) is 6.20 Å². The molecule has 4 aromatic rings. The predicted octanol–water partition coefficient (Wildman–Crippen LogP) is 5.05. The molecule has 4 rings (SSSR count). The maximum Gasteiger partial charge on any atom is 0.0786 e. The Hall–Kier alpha value is -2.02. The minimum atomic E-state index is 0. The van der Waals surface area contributed by atoms with E-state index in [2.05, 4.69) is 77.8 Å². The van der Waals surface area contributed by atoms with Crippen molar-refractivity contribution in [3.8, 4) is 11.3 Å². The molecule has 0 atom stereocenters. The van der Waals surface area contributed by atoms with Gasteiger partial charge in [-0.25, -0.2) is 0 Å². The molecule has 0 saturated carbocycles. The van der Waals surface area contributed by atoms with Crippen molar-refractivity contribution < 1.29 is 20.1 Å². The normalized spacial score (nSPS) is 10.5. The summed E-state index contributed by atoms with van der Waals surface area (Å²) < 4.78 is 0. The molecule has 0 amide bonds. The molecular weight excluding hydrogens is 434 g/mol. The Kier molecular flexibility index (Phi) is 3.83. The zero-order valence-electron chi connectivity index (χ0n) is 11.3. The molecule has 1 nitrogen and oxygen atoms in total. The van der Waals surface area contributed by atoms with Crippen LogP contribution in [0.5, 0.6) is 0 Å². The molecular formula is C19H13IrN. The van der Waals surface area contributed by atoms with Gasteiger partial charge in [0.25, 0.3) is 0 Å². The van der Waals surface area contributed by atoms with Crippen molar-refractivity contribution in [3.63, 3.8) is 0 Å². The van der Waals surface area contributed by atoms with Crippen molar-refractivity contribution >= 4 is 21.5 Å². The first-order valence-corrected chi connectivity index (χ1v) is 6.75. The van der Waals surface area contributed by atoms with Crippen molar-refractivity contribution in [3.05, 3.63) is 79.0 Å². The molecule has 0 fully saturated rings. The van der Waals surface area contributed by atoms with E-state index in [9.17, 15) is 0 Å². The van der Waals surface area contributed by atoms with E-state index in [0.29, 0.717) is 0 Å². The molecule has 0 unspecified atom stereocenters. The van der Waals surface area contributed by atoms with E-state index < -0.39 is 0 Å². The van der Waals surface area contributed by atoms with Crippen LogP contribution in [0.3, 0.4) is 0 Å². The molecule has 0 saturated heterocycles. The molecule has 0 aliphatic carbocycles. The van der Waals surface area contributed by atoms with Crippen LogP contribution in [0, 0.1) is 0 Å². The Morgan fingerprint density at radius 2 is 1.19 bits per heavy atom.